The van der Waals surface area contributed by atoms with Crippen LogP contribution in [0.5, 0.6) is 5.75 Å². The number of nitro groups is 1. The summed E-state index contributed by atoms with van der Waals surface area (Å²) in [5.41, 5.74) is 2.66. The Morgan fingerprint density at radius 2 is 1.86 bits per heavy atom. The molecule has 22 heavy (non-hydrogen) atoms. The zero-order valence-corrected chi connectivity index (χ0v) is 11.7. The molecule has 5 nitrogen and oxygen atoms in total. The van der Waals surface area contributed by atoms with Gasteiger partial charge >= 0.3 is 5.97 Å². The number of rotatable bonds is 3. The molecule has 0 aliphatic carbocycles. The molecule has 0 bridgehead atoms. The molecule has 3 rings (SSSR count). The van der Waals surface area contributed by atoms with Crippen LogP contribution in [-0.4, -0.2) is 17.4 Å². The molecule has 0 fully saturated rings. The van der Waals surface area contributed by atoms with Gasteiger partial charge in [-0.05, 0) is 23.3 Å². The highest BCUT2D eigenvalue weighted by Gasteiger charge is 2.34. The van der Waals surface area contributed by atoms with Crippen molar-refractivity contribution < 1.29 is 14.5 Å². The Kier molecular flexibility index (Phi) is 3.47. The maximum Gasteiger partial charge on any atom is 0.339 e. The standard InChI is InChI=1S/C17H13NO4/c1-11-15(10-18(20)21)14-9-13(12-5-3-2-4-6-12)7-8-16(14)22-17(11)19/h2-9,15H,1,10H2. The molecule has 0 saturated heterocycles. The van der Waals surface area contributed by atoms with Gasteiger partial charge in [0.15, 0.2) is 0 Å². The van der Waals surface area contributed by atoms with Crippen LogP contribution in [-0.2, 0) is 4.79 Å². The number of benzene rings is 2. The van der Waals surface area contributed by atoms with E-state index in [1.165, 1.54) is 0 Å². The van der Waals surface area contributed by atoms with E-state index in [0.717, 1.165) is 11.1 Å². The monoisotopic (exact) mass is 295 g/mol. The van der Waals surface area contributed by atoms with Gasteiger partial charge in [0.1, 0.15) is 5.75 Å². The van der Waals surface area contributed by atoms with E-state index in [2.05, 4.69) is 6.58 Å². The zero-order chi connectivity index (χ0) is 15.7. The number of esters is 1. The number of hydrogen-bond donors (Lipinski definition) is 0. The Morgan fingerprint density at radius 3 is 2.55 bits per heavy atom. The summed E-state index contributed by atoms with van der Waals surface area (Å²) in [5, 5.41) is 10.9. The molecule has 0 saturated carbocycles. The molecule has 1 heterocycles. The SMILES string of the molecule is C=C1C(=O)Oc2ccc(-c3ccccc3)cc2C1C[N+](=O)[O-]. The van der Waals surface area contributed by atoms with Gasteiger partial charge in [0.05, 0.1) is 5.92 Å². The zero-order valence-electron chi connectivity index (χ0n) is 11.7. The van der Waals surface area contributed by atoms with E-state index in [9.17, 15) is 14.9 Å². The second-order valence-electron chi connectivity index (χ2n) is 5.10. The van der Waals surface area contributed by atoms with Crippen molar-refractivity contribution in [3.05, 3.63) is 76.4 Å². The van der Waals surface area contributed by atoms with Crippen molar-refractivity contribution in [2.45, 2.75) is 5.92 Å². The first-order valence-corrected chi connectivity index (χ1v) is 6.78. The van der Waals surface area contributed by atoms with Gasteiger partial charge < -0.3 is 4.74 Å². The van der Waals surface area contributed by atoms with E-state index >= 15 is 0 Å². The average Bonchev–Trinajstić information content (AvgIpc) is 2.52. The van der Waals surface area contributed by atoms with Gasteiger partial charge in [-0.1, -0.05) is 43.0 Å². The van der Waals surface area contributed by atoms with E-state index in [0.29, 0.717) is 11.3 Å². The van der Waals surface area contributed by atoms with Crippen LogP contribution in [0.4, 0.5) is 0 Å². The van der Waals surface area contributed by atoms with Gasteiger partial charge in [-0.15, -0.1) is 0 Å². The molecule has 5 heteroatoms. The molecule has 1 aliphatic heterocycles. The Bertz CT molecular complexity index is 767. The summed E-state index contributed by atoms with van der Waals surface area (Å²) in [4.78, 5) is 22.2. The Balaban J connectivity index is 2.09. The largest absolute Gasteiger partial charge is 0.423 e. The number of hydrogen-bond acceptors (Lipinski definition) is 4. The van der Waals surface area contributed by atoms with Gasteiger partial charge in [-0.2, -0.15) is 0 Å². The van der Waals surface area contributed by atoms with E-state index in [1.807, 2.05) is 42.5 Å². The lowest BCUT2D eigenvalue weighted by molar-refractivity contribution is -0.482. The summed E-state index contributed by atoms with van der Waals surface area (Å²) in [7, 11) is 0. The number of fused-ring (bicyclic) bond motifs is 1. The predicted octanol–water partition coefficient (Wildman–Crippen LogP) is 3.19. The minimum atomic E-state index is -0.657. The van der Waals surface area contributed by atoms with Crippen molar-refractivity contribution in [3.8, 4) is 16.9 Å². The Morgan fingerprint density at radius 1 is 1.14 bits per heavy atom. The molecule has 110 valence electrons. The van der Waals surface area contributed by atoms with Gasteiger partial charge in [0, 0.05) is 16.1 Å². The van der Waals surface area contributed by atoms with Crippen molar-refractivity contribution in [2.24, 2.45) is 0 Å². The molecule has 1 aliphatic rings. The minimum absolute atomic E-state index is 0.120. The highest BCUT2D eigenvalue weighted by molar-refractivity contribution is 5.94. The topological polar surface area (TPSA) is 69.4 Å². The molecule has 2 aromatic rings. The lowest BCUT2D eigenvalue weighted by Crippen LogP contribution is -2.27. The second kappa shape index (κ2) is 5.44. The molecular weight excluding hydrogens is 282 g/mol. The molecule has 0 N–H and O–H groups in total. The third-order valence-corrected chi connectivity index (χ3v) is 3.71. The molecule has 1 atom stereocenters. The van der Waals surface area contributed by atoms with Gasteiger partial charge in [-0.3, -0.25) is 10.1 Å². The first-order valence-electron chi connectivity index (χ1n) is 6.78. The van der Waals surface area contributed by atoms with Crippen LogP contribution in [0.25, 0.3) is 11.1 Å². The molecule has 2 aromatic carbocycles. The molecule has 0 radical (unpaired) electrons. The highest BCUT2D eigenvalue weighted by atomic mass is 16.6. The van der Waals surface area contributed by atoms with E-state index < -0.39 is 16.8 Å². The highest BCUT2D eigenvalue weighted by Crippen LogP contribution is 2.39. The minimum Gasteiger partial charge on any atom is -0.423 e. The van der Waals surface area contributed by atoms with Crippen LogP contribution < -0.4 is 4.74 Å². The summed E-state index contributed by atoms with van der Waals surface area (Å²) in [6.07, 6.45) is 0. The lowest BCUT2D eigenvalue weighted by Gasteiger charge is -2.24. The van der Waals surface area contributed by atoms with E-state index in [4.69, 9.17) is 4.74 Å². The maximum atomic E-state index is 11.8. The van der Waals surface area contributed by atoms with Gasteiger partial charge in [-0.25, -0.2) is 4.79 Å². The number of carbonyl (C=O) groups is 1. The fourth-order valence-electron chi connectivity index (χ4n) is 2.58. The molecule has 1 unspecified atom stereocenters. The van der Waals surface area contributed by atoms with Crippen LogP contribution in [0.1, 0.15) is 11.5 Å². The van der Waals surface area contributed by atoms with Crippen LogP contribution in [0.15, 0.2) is 60.7 Å². The summed E-state index contributed by atoms with van der Waals surface area (Å²) in [6.45, 7) is 3.28. The third kappa shape index (κ3) is 2.48. The third-order valence-electron chi connectivity index (χ3n) is 3.71. The second-order valence-corrected chi connectivity index (χ2v) is 5.10. The molecular formula is C17H13NO4. The van der Waals surface area contributed by atoms with Crippen molar-refractivity contribution in [2.75, 3.05) is 6.54 Å². The molecule has 0 amide bonds. The fourth-order valence-corrected chi connectivity index (χ4v) is 2.58. The van der Waals surface area contributed by atoms with Crippen molar-refractivity contribution in [1.29, 1.82) is 0 Å². The normalized spacial score (nSPS) is 16.8. The van der Waals surface area contributed by atoms with Gasteiger partial charge in [0.2, 0.25) is 6.54 Å². The van der Waals surface area contributed by atoms with Crippen LogP contribution >= 0.6 is 0 Å². The maximum absolute atomic E-state index is 11.8. The first kappa shape index (κ1) is 14.0. The van der Waals surface area contributed by atoms with Crippen molar-refractivity contribution in [3.63, 3.8) is 0 Å². The number of carbonyl (C=O) groups excluding carboxylic acids is 1. The number of ether oxygens (including phenoxy) is 1. The Hall–Kier alpha value is -2.95. The predicted molar refractivity (Wildman–Crippen MR) is 81.3 cm³/mol. The summed E-state index contributed by atoms with van der Waals surface area (Å²) in [6, 6.07) is 15.0. The van der Waals surface area contributed by atoms with Crippen molar-refractivity contribution >= 4 is 5.97 Å². The lowest BCUT2D eigenvalue weighted by atomic mass is 9.87. The van der Waals surface area contributed by atoms with E-state index in [-0.39, 0.29) is 12.1 Å². The Labute approximate surface area is 127 Å². The summed E-state index contributed by atoms with van der Waals surface area (Å²) >= 11 is 0. The number of nitrogens with zero attached hydrogens (tertiary/aromatic N) is 1. The van der Waals surface area contributed by atoms with Crippen molar-refractivity contribution in [1.82, 2.24) is 0 Å². The first-order chi connectivity index (χ1) is 10.6. The average molecular weight is 295 g/mol. The molecule has 0 aromatic heterocycles. The van der Waals surface area contributed by atoms with Gasteiger partial charge in [0.25, 0.3) is 0 Å². The van der Waals surface area contributed by atoms with Crippen LogP contribution in [0.3, 0.4) is 0 Å². The van der Waals surface area contributed by atoms with E-state index in [1.54, 1.807) is 6.07 Å². The summed E-state index contributed by atoms with van der Waals surface area (Å²) < 4.78 is 5.19. The van der Waals surface area contributed by atoms with Crippen LogP contribution in [0, 0.1) is 10.1 Å². The quantitative estimate of drug-likeness (QED) is 0.287. The summed E-state index contributed by atoms with van der Waals surface area (Å²) in [5.74, 6) is -0.898. The van der Waals surface area contributed by atoms with Crippen LogP contribution in [0.2, 0.25) is 0 Å². The molecule has 0 spiro atoms. The smallest absolute Gasteiger partial charge is 0.339 e. The fraction of sp³-hybridized carbons (Fsp3) is 0.118.